The van der Waals surface area contributed by atoms with Crippen molar-refractivity contribution in [3.05, 3.63) is 110 Å². The maximum atomic E-state index is 13.7. The predicted octanol–water partition coefficient (Wildman–Crippen LogP) is 5.50. The van der Waals surface area contributed by atoms with Crippen LogP contribution in [0, 0.1) is 0 Å². The molecule has 0 bridgehead atoms. The van der Waals surface area contributed by atoms with E-state index in [1.807, 2.05) is 22.1 Å². The molecule has 1 atom stereocenters. The van der Waals surface area contributed by atoms with E-state index in [1.165, 1.54) is 22.5 Å². The summed E-state index contributed by atoms with van der Waals surface area (Å²) in [6.07, 6.45) is 3.49. The van der Waals surface area contributed by atoms with Crippen molar-refractivity contribution in [1.82, 2.24) is 4.57 Å². The first kappa shape index (κ1) is 21.1. The van der Waals surface area contributed by atoms with Gasteiger partial charge >= 0.3 is 0 Å². The molecule has 4 nitrogen and oxygen atoms in total. The summed E-state index contributed by atoms with van der Waals surface area (Å²) in [6.45, 7) is 0. The number of aryl methyl sites for hydroxylation is 1. The zero-order valence-corrected chi connectivity index (χ0v) is 21.1. The number of allylic oxidation sites excluding steroid dienone is 1. The van der Waals surface area contributed by atoms with Gasteiger partial charge in [0.15, 0.2) is 4.80 Å². The van der Waals surface area contributed by atoms with E-state index in [1.54, 1.807) is 29.5 Å². The van der Waals surface area contributed by atoms with Gasteiger partial charge in [-0.25, -0.2) is 4.99 Å². The van der Waals surface area contributed by atoms with Gasteiger partial charge in [-0.3, -0.25) is 9.36 Å². The molecule has 33 heavy (non-hydrogen) atoms. The number of rotatable bonds is 2. The highest BCUT2D eigenvalue weighted by atomic mass is 79.9. The first-order chi connectivity index (χ1) is 16.0. The minimum atomic E-state index is -0.175. The Bertz CT molecular complexity index is 1630. The zero-order chi connectivity index (χ0) is 22.7. The lowest BCUT2D eigenvalue weighted by molar-refractivity contribution is 0.474. The first-order valence-corrected chi connectivity index (χ1v) is 13.2. The van der Waals surface area contributed by atoms with E-state index in [-0.39, 0.29) is 22.4 Å². The summed E-state index contributed by atoms with van der Waals surface area (Å²) in [5.74, 6) is -0.0475. The summed E-state index contributed by atoms with van der Waals surface area (Å²) in [6, 6.07) is 15.7. The second-order valence-corrected chi connectivity index (χ2v) is 11.3. The van der Waals surface area contributed by atoms with Crippen LogP contribution in [0.5, 0.6) is 5.75 Å². The standard InChI is InChI=1S/C25H16BrClN2O2S2/c26-15-10-14(23(30)18(27)12-15)11-20-24(31)29-22(19-6-3-9-32-19)17-8-7-13-4-1-2-5-16(13)21(17)28-25(29)33-20/h1-6,9-12,22,30H,7-8H2/b20-11-/t22-/m1/s1. The fourth-order valence-corrected chi connectivity index (χ4v) is 7.23. The maximum Gasteiger partial charge on any atom is 0.271 e. The van der Waals surface area contributed by atoms with E-state index < -0.39 is 0 Å². The Labute approximate surface area is 210 Å². The smallest absolute Gasteiger partial charge is 0.271 e. The van der Waals surface area contributed by atoms with Crippen LogP contribution in [-0.2, 0) is 6.42 Å². The van der Waals surface area contributed by atoms with Crippen LogP contribution in [0.4, 0.5) is 0 Å². The van der Waals surface area contributed by atoms with E-state index in [0.717, 1.165) is 33.5 Å². The number of benzene rings is 2. The molecule has 2 aromatic carbocycles. The highest BCUT2D eigenvalue weighted by Crippen LogP contribution is 2.42. The van der Waals surface area contributed by atoms with Gasteiger partial charge in [-0.15, -0.1) is 11.3 Å². The molecule has 0 radical (unpaired) electrons. The Morgan fingerprint density at radius 3 is 2.85 bits per heavy atom. The molecule has 0 amide bonds. The Morgan fingerprint density at radius 2 is 2.03 bits per heavy atom. The molecule has 164 valence electrons. The number of aromatic hydroxyl groups is 1. The van der Waals surface area contributed by atoms with Gasteiger partial charge in [0.05, 0.1) is 21.3 Å². The van der Waals surface area contributed by atoms with Crippen LogP contribution in [0.15, 0.2) is 73.7 Å². The number of phenolic OH excluding ortho intramolecular Hbond substituents is 1. The number of hydrogen-bond acceptors (Lipinski definition) is 5. The fraction of sp³-hybridized carbons (Fsp3) is 0.120. The lowest BCUT2D eigenvalue weighted by Crippen LogP contribution is -2.38. The average molecular weight is 556 g/mol. The molecule has 3 heterocycles. The fourth-order valence-electron chi connectivity index (χ4n) is 4.56. The highest BCUT2D eigenvalue weighted by Gasteiger charge is 2.33. The van der Waals surface area contributed by atoms with Crippen molar-refractivity contribution in [2.75, 3.05) is 0 Å². The largest absolute Gasteiger partial charge is 0.506 e. The highest BCUT2D eigenvalue weighted by molar-refractivity contribution is 9.10. The van der Waals surface area contributed by atoms with Gasteiger partial charge in [-0.2, -0.15) is 0 Å². The Hall–Kier alpha value is -2.45. The van der Waals surface area contributed by atoms with Crippen LogP contribution < -0.4 is 14.9 Å². The van der Waals surface area contributed by atoms with Crippen LogP contribution >= 0.6 is 50.2 Å². The van der Waals surface area contributed by atoms with Crippen molar-refractivity contribution in [2.45, 2.75) is 18.9 Å². The lowest BCUT2D eigenvalue weighted by Gasteiger charge is -2.30. The van der Waals surface area contributed by atoms with Crippen molar-refractivity contribution in [2.24, 2.45) is 4.99 Å². The number of aromatic nitrogens is 1. The minimum absolute atomic E-state index is 0.0475. The molecule has 8 heteroatoms. The molecule has 0 spiro atoms. The van der Waals surface area contributed by atoms with Crippen LogP contribution in [-0.4, -0.2) is 9.67 Å². The summed E-state index contributed by atoms with van der Waals surface area (Å²) in [4.78, 5) is 20.5. The third-order valence-corrected chi connectivity index (χ3v) is 8.68. The summed E-state index contributed by atoms with van der Waals surface area (Å²) in [5, 5.41) is 12.7. The van der Waals surface area contributed by atoms with Crippen molar-refractivity contribution in [1.29, 1.82) is 0 Å². The molecule has 4 aromatic rings. The average Bonchev–Trinajstić information content (AvgIpc) is 3.44. The van der Waals surface area contributed by atoms with E-state index in [2.05, 4.69) is 40.2 Å². The Morgan fingerprint density at radius 1 is 1.18 bits per heavy atom. The van der Waals surface area contributed by atoms with Crippen molar-refractivity contribution < 1.29 is 5.11 Å². The summed E-state index contributed by atoms with van der Waals surface area (Å²) < 4.78 is 3.05. The number of thiazole rings is 1. The molecule has 2 aromatic heterocycles. The minimum Gasteiger partial charge on any atom is -0.506 e. The lowest BCUT2D eigenvalue weighted by atomic mass is 9.85. The van der Waals surface area contributed by atoms with E-state index in [0.29, 0.717) is 14.9 Å². The zero-order valence-electron chi connectivity index (χ0n) is 17.1. The van der Waals surface area contributed by atoms with Gasteiger partial charge in [0, 0.05) is 20.5 Å². The van der Waals surface area contributed by atoms with E-state index >= 15 is 0 Å². The number of hydrogen-bond donors (Lipinski definition) is 1. The molecule has 1 N–H and O–H groups in total. The third kappa shape index (κ3) is 3.46. The normalized spacial score (nSPS) is 17.4. The molecule has 0 unspecified atom stereocenters. The molecule has 6 rings (SSSR count). The second-order valence-electron chi connectivity index (χ2n) is 7.95. The third-order valence-electron chi connectivity index (χ3n) is 6.03. The van der Waals surface area contributed by atoms with Gasteiger partial charge in [-0.1, -0.05) is 69.2 Å². The summed E-state index contributed by atoms with van der Waals surface area (Å²) >= 11 is 12.5. The summed E-state index contributed by atoms with van der Waals surface area (Å²) in [5.41, 5.74) is 4.98. The molecule has 0 fully saturated rings. The van der Waals surface area contributed by atoms with Gasteiger partial charge in [0.1, 0.15) is 5.75 Å². The van der Waals surface area contributed by atoms with Gasteiger partial charge in [0.25, 0.3) is 5.56 Å². The number of phenols is 1. The van der Waals surface area contributed by atoms with Crippen LogP contribution in [0.25, 0.3) is 11.8 Å². The van der Waals surface area contributed by atoms with Crippen molar-refractivity contribution in [3.8, 4) is 5.75 Å². The summed E-state index contributed by atoms with van der Waals surface area (Å²) in [7, 11) is 0. The first-order valence-electron chi connectivity index (χ1n) is 10.4. The quantitative estimate of drug-likeness (QED) is 0.355. The number of thiophene rings is 1. The molecule has 1 aliphatic carbocycles. The molecule has 0 saturated carbocycles. The van der Waals surface area contributed by atoms with Gasteiger partial charge in [-0.05, 0) is 53.6 Å². The van der Waals surface area contributed by atoms with Crippen LogP contribution in [0.3, 0.4) is 0 Å². The number of halogens is 2. The topological polar surface area (TPSA) is 54.6 Å². The van der Waals surface area contributed by atoms with Crippen LogP contribution in [0.2, 0.25) is 5.02 Å². The van der Waals surface area contributed by atoms with E-state index in [4.69, 9.17) is 16.6 Å². The molecule has 1 aliphatic heterocycles. The van der Waals surface area contributed by atoms with Gasteiger partial charge < -0.3 is 5.11 Å². The predicted molar refractivity (Wildman–Crippen MR) is 138 cm³/mol. The second kappa shape index (κ2) is 8.09. The Balaban J connectivity index is 1.63. The van der Waals surface area contributed by atoms with Crippen molar-refractivity contribution >= 4 is 62.0 Å². The molecule has 2 aliphatic rings. The molecular formula is C25H16BrClN2O2S2. The maximum absolute atomic E-state index is 13.7. The van der Waals surface area contributed by atoms with Gasteiger partial charge in [0.2, 0.25) is 0 Å². The number of fused-ring (bicyclic) bond motifs is 3. The van der Waals surface area contributed by atoms with Crippen molar-refractivity contribution in [3.63, 3.8) is 0 Å². The number of nitrogens with zero attached hydrogens (tertiary/aromatic N) is 2. The van der Waals surface area contributed by atoms with Crippen LogP contribution in [0.1, 0.15) is 34.0 Å². The van der Waals surface area contributed by atoms with E-state index in [9.17, 15) is 9.90 Å². The molecule has 0 saturated heterocycles. The Kier molecular flexibility index (Phi) is 5.18. The SMILES string of the molecule is O=c1/c(=C/c2cc(Br)cc(Cl)c2O)sc2n1[C@@H](c1cccs1)C1=C(N=2)c2ccccc2CC1. The molecular weight excluding hydrogens is 540 g/mol. The monoisotopic (exact) mass is 554 g/mol.